The second-order valence-electron chi connectivity index (χ2n) is 4.47. The van der Waals surface area contributed by atoms with Gasteiger partial charge in [-0.3, -0.25) is 5.10 Å². The fourth-order valence-electron chi connectivity index (χ4n) is 2.04. The number of anilines is 2. The monoisotopic (exact) mass is 253 g/mol. The zero-order valence-corrected chi connectivity index (χ0v) is 10.9. The molecule has 0 saturated carbocycles. The lowest BCUT2D eigenvalue weighted by Crippen LogP contribution is -1.91. The molecule has 1 aromatic heterocycles. The van der Waals surface area contributed by atoms with E-state index >= 15 is 0 Å². The van der Waals surface area contributed by atoms with E-state index in [-0.39, 0.29) is 0 Å². The lowest BCUT2D eigenvalue weighted by Gasteiger charge is -2.05. The number of benzene rings is 2. The third-order valence-electron chi connectivity index (χ3n) is 3.07. The molecule has 0 unspecified atom stereocenters. The molecule has 0 spiro atoms. The lowest BCUT2D eigenvalue weighted by atomic mass is 10.2. The van der Waals surface area contributed by atoms with Gasteiger partial charge in [-0.25, -0.2) is 0 Å². The number of aromatic amines is 1. The summed E-state index contributed by atoms with van der Waals surface area (Å²) in [5, 5.41) is 11.7. The number of hydrogen-bond donors (Lipinski definition) is 2. The standard InChI is InChI=1S/C15H15N3O/c1-10-3-8-13-14(9-10)17-18-15(13)16-11-4-6-12(19-2)7-5-11/h3-9H,1-2H3,(H2,16,17,18). The number of rotatable bonds is 3. The second-order valence-corrected chi connectivity index (χ2v) is 4.47. The summed E-state index contributed by atoms with van der Waals surface area (Å²) in [6.07, 6.45) is 0. The first-order valence-electron chi connectivity index (χ1n) is 6.12. The molecule has 0 saturated heterocycles. The van der Waals surface area contributed by atoms with Gasteiger partial charge < -0.3 is 10.1 Å². The first-order valence-corrected chi connectivity index (χ1v) is 6.12. The van der Waals surface area contributed by atoms with E-state index in [1.165, 1.54) is 5.56 Å². The molecule has 2 aromatic carbocycles. The highest BCUT2D eigenvalue weighted by Crippen LogP contribution is 2.25. The third kappa shape index (κ3) is 2.25. The average Bonchev–Trinajstić information content (AvgIpc) is 2.82. The quantitative estimate of drug-likeness (QED) is 0.749. The highest BCUT2D eigenvalue weighted by atomic mass is 16.5. The van der Waals surface area contributed by atoms with Gasteiger partial charge in [0.15, 0.2) is 5.82 Å². The summed E-state index contributed by atoms with van der Waals surface area (Å²) < 4.78 is 5.14. The van der Waals surface area contributed by atoms with Crippen LogP contribution in [0, 0.1) is 6.92 Å². The number of H-pyrrole nitrogens is 1. The summed E-state index contributed by atoms with van der Waals surface area (Å²) in [6.45, 7) is 2.07. The van der Waals surface area contributed by atoms with E-state index in [0.717, 1.165) is 28.2 Å². The number of aryl methyl sites for hydroxylation is 1. The zero-order chi connectivity index (χ0) is 13.2. The molecule has 0 amide bonds. The fraction of sp³-hybridized carbons (Fsp3) is 0.133. The Labute approximate surface area is 111 Å². The summed E-state index contributed by atoms with van der Waals surface area (Å²) in [7, 11) is 1.66. The van der Waals surface area contributed by atoms with Crippen LogP contribution in [0.1, 0.15) is 5.56 Å². The van der Waals surface area contributed by atoms with Crippen molar-refractivity contribution in [2.45, 2.75) is 6.92 Å². The molecule has 3 aromatic rings. The van der Waals surface area contributed by atoms with Crippen LogP contribution in [0.25, 0.3) is 10.9 Å². The molecule has 0 fully saturated rings. The van der Waals surface area contributed by atoms with Gasteiger partial charge in [0, 0.05) is 11.1 Å². The number of nitrogens with zero attached hydrogens (tertiary/aromatic N) is 1. The average molecular weight is 253 g/mol. The highest BCUT2D eigenvalue weighted by molar-refractivity contribution is 5.91. The van der Waals surface area contributed by atoms with Crippen molar-refractivity contribution >= 4 is 22.4 Å². The van der Waals surface area contributed by atoms with Crippen molar-refractivity contribution in [3.8, 4) is 5.75 Å². The largest absolute Gasteiger partial charge is 0.497 e. The molecule has 2 N–H and O–H groups in total. The van der Waals surface area contributed by atoms with E-state index in [2.05, 4.69) is 40.6 Å². The van der Waals surface area contributed by atoms with Gasteiger partial charge >= 0.3 is 0 Å². The Morgan fingerprint density at radius 1 is 1.11 bits per heavy atom. The normalized spacial score (nSPS) is 10.6. The van der Waals surface area contributed by atoms with Crippen molar-refractivity contribution in [2.75, 3.05) is 12.4 Å². The van der Waals surface area contributed by atoms with E-state index in [0.29, 0.717) is 0 Å². The highest BCUT2D eigenvalue weighted by Gasteiger charge is 2.05. The molecule has 1 heterocycles. The second kappa shape index (κ2) is 4.65. The Bertz CT molecular complexity index is 701. The van der Waals surface area contributed by atoms with Crippen LogP contribution in [-0.2, 0) is 0 Å². The van der Waals surface area contributed by atoms with Gasteiger partial charge in [0.1, 0.15) is 5.75 Å². The predicted octanol–water partition coefficient (Wildman–Crippen LogP) is 3.62. The minimum atomic E-state index is 0.833. The molecule has 3 rings (SSSR count). The van der Waals surface area contributed by atoms with Crippen LogP contribution in [0.4, 0.5) is 11.5 Å². The number of nitrogens with one attached hydrogen (secondary N) is 2. The van der Waals surface area contributed by atoms with Gasteiger partial charge in [-0.05, 0) is 48.9 Å². The van der Waals surface area contributed by atoms with Crippen LogP contribution >= 0.6 is 0 Å². The Kier molecular flexibility index (Phi) is 2.83. The van der Waals surface area contributed by atoms with E-state index < -0.39 is 0 Å². The van der Waals surface area contributed by atoms with Gasteiger partial charge in [0.25, 0.3) is 0 Å². The van der Waals surface area contributed by atoms with Gasteiger partial charge in [-0.2, -0.15) is 5.10 Å². The molecule has 96 valence electrons. The van der Waals surface area contributed by atoms with Crippen molar-refractivity contribution in [1.29, 1.82) is 0 Å². The van der Waals surface area contributed by atoms with Crippen molar-refractivity contribution in [1.82, 2.24) is 10.2 Å². The van der Waals surface area contributed by atoms with Gasteiger partial charge in [-0.1, -0.05) is 6.07 Å². The Hall–Kier alpha value is -2.49. The van der Waals surface area contributed by atoms with Crippen molar-refractivity contribution in [2.24, 2.45) is 0 Å². The number of methoxy groups -OCH3 is 1. The third-order valence-corrected chi connectivity index (χ3v) is 3.07. The maximum absolute atomic E-state index is 5.14. The summed E-state index contributed by atoms with van der Waals surface area (Å²) in [5.41, 5.74) is 3.23. The van der Waals surface area contributed by atoms with E-state index in [9.17, 15) is 0 Å². The van der Waals surface area contributed by atoms with E-state index in [1.54, 1.807) is 7.11 Å². The minimum Gasteiger partial charge on any atom is -0.497 e. The Morgan fingerprint density at radius 3 is 2.63 bits per heavy atom. The van der Waals surface area contributed by atoms with Crippen LogP contribution in [0.2, 0.25) is 0 Å². The van der Waals surface area contributed by atoms with Crippen LogP contribution < -0.4 is 10.1 Å². The first kappa shape index (κ1) is 11.6. The molecule has 0 aliphatic rings. The summed E-state index contributed by atoms with van der Waals surface area (Å²) in [4.78, 5) is 0. The number of ether oxygens (including phenoxy) is 1. The summed E-state index contributed by atoms with van der Waals surface area (Å²) in [6, 6.07) is 14.0. The minimum absolute atomic E-state index is 0.833. The zero-order valence-electron chi connectivity index (χ0n) is 10.9. The maximum atomic E-state index is 5.14. The number of hydrogen-bond acceptors (Lipinski definition) is 3. The molecular weight excluding hydrogens is 238 g/mol. The molecule has 0 atom stereocenters. The first-order chi connectivity index (χ1) is 9.26. The van der Waals surface area contributed by atoms with Crippen LogP contribution in [0.3, 0.4) is 0 Å². The van der Waals surface area contributed by atoms with Crippen LogP contribution in [0.5, 0.6) is 5.75 Å². The van der Waals surface area contributed by atoms with Gasteiger partial charge in [-0.15, -0.1) is 0 Å². The summed E-state index contributed by atoms with van der Waals surface area (Å²) in [5.74, 6) is 1.67. The van der Waals surface area contributed by atoms with Gasteiger partial charge in [0.05, 0.1) is 12.6 Å². The fourth-order valence-corrected chi connectivity index (χ4v) is 2.04. The molecular formula is C15H15N3O. The molecule has 0 bridgehead atoms. The number of fused-ring (bicyclic) bond motifs is 1. The van der Waals surface area contributed by atoms with Crippen molar-refractivity contribution < 1.29 is 4.74 Å². The lowest BCUT2D eigenvalue weighted by molar-refractivity contribution is 0.415. The molecule has 0 aliphatic heterocycles. The van der Waals surface area contributed by atoms with E-state index in [1.807, 2.05) is 24.3 Å². The van der Waals surface area contributed by atoms with Crippen molar-refractivity contribution in [3.63, 3.8) is 0 Å². The Balaban J connectivity index is 1.92. The molecule has 4 heteroatoms. The molecule has 0 radical (unpaired) electrons. The van der Waals surface area contributed by atoms with E-state index in [4.69, 9.17) is 4.74 Å². The summed E-state index contributed by atoms with van der Waals surface area (Å²) >= 11 is 0. The molecule has 0 aliphatic carbocycles. The molecule has 4 nitrogen and oxygen atoms in total. The van der Waals surface area contributed by atoms with Crippen LogP contribution in [0.15, 0.2) is 42.5 Å². The maximum Gasteiger partial charge on any atom is 0.160 e. The Morgan fingerprint density at radius 2 is 1.89 bits per heavy atom. The topological polar surface area (TPSA) is 49.9 Å². The smallest absolute Gasteiger partial charge is 0.160 e. The van der Waals surface area contributed by atoms with Crippen molar-refractivity contribution in [3.05, 3.63) is 48.0 Å². The predicted molar refractivity (Wildman–Crippen MR) is 77.1 cm³/mol. The number of aromatic nitrogens is 2. The SMILES string of the molecule is COc1ccc(Nc2n[nH]c3cc(C)ccc23)cc1. The molecule has 19 heavy (non-hydrogen) atoms. The van der Waals surface area contributed by atoms with Gasteiger partial charge in [0.2, 0.25) is 0 Å². The van der Waals surface area contributed by atoms with Crippen LogP contribution in [-0.4, -0.2) is 17.3 Å².